The lowest BCUT2D eigenvalue weighted by atomic mass is 9.47. The Morgan fingerprint density at radius 3 is 2.36 bits per heavy atom. The maximum Gasteiger partial charge on any atom is 0.192 e. The quantitative estimate of drug-likeness (QED) is 0.467. The predicted molar refractivity (Wildman–Crippen MR) is 119 cm³/mol. The van der Waals surface area contributed by atoms with E-state index in [1.807, 2.05) is 6.08 Å². The number of carbonyl (C=O) groups excluding carboxylic acids is 1. The van der Waals surface area contributed by atoms with Crippen LogP contribution in [-0.2, 0) is 9.22 Å². The first kappa shape index (κ1) is 20.8. The molecule has 0 saturated heterocycles. The maximum atomic E-state index is 12.0. The van der Waals surface area contributed by atoms with E-state index in [0.717, 1.165) is 30.6 Å². The van der Waals surface area contributed by atoms with Crippen LogP contribution in [0.3, 0.4) is 0 Å². The minimum atomic E-state index is -1.55. The van der Waals surface area contributed by atoms with E-state index in [-0.39, 0.29) is 0 Å². The van der Waals surface area contributed by atoms with E-state index in [9.17, 15) is 4.79 Å². The van der Waals surface area contributed by atoms with Gasteiger partial charge in [-0.15, -0.1) is 0 Å². The molecule has 3 fully saturated rings. The summed E-state index contributed by atoms with van der Waals surface area (Å²) >= 11 is 0. The van der Waals surface area contributed by atoms with Crippen LogP contribution in [0.15, 0.2) is 11.6 Å². The van der Waals surface area contributed by atoms with Crippen LogP contribution in [0.1, 0.15) is 86.0 Å². The number of carbonyl (C=O) groups is 1. The number of allylic oxidation sites excluding steroid dienone is 1. The zero-order valence-electron chi connectivity index (χ0n) is 19.0. The van der Waals surface area contributed by atoms with Crippen LogP contribution in [0.2, 0.25) is 18.1 Å². The van der Waals surface area contributed by atoms with Crippen molar-refractivity contribution in [3.63, 3.8) is 0 Å². The Kier molecular flexibility index (Phi) is 5.49. The fourth-order valence-corrected chi connectivity index (χ4v) is 11.0. The van der Waals surface area contributed by atoms with Gasteiger partial charge >= 0.3 is 0 Å². The van der Waals surface area contributed by atoms with Gasteiger partial charge in [-0.3, -0.25) is 4.79 Å². The zero-order chi connectivity index (χ0) is 20.2. The van der Waals surface area contributed by atoms with Gasteiger partial charge in [0.05, 0.1) is 6.10 Å². The van der Waals surface area contributed by atoms with E-state index >= 15 is 0 Å². The molecule has 0 unspecified atom stereocenters. The maximum absolute atomic E-state index is 12.0. The standard InChI is InChI=1S/C25H42O2Si/c1-6-28(7-2,8-3)27-23-12-11-21-20-10-9-18-17-19(26)13-15-24(18,4)22(20)14-16-25(21,23)5/h17,20-23H,6-16H2,1-5H3/t20-,21-,22-,23-,24-,25-/m0/s1. The lowest BCUT2D eigenvalue weighted by Crippen LogP contribution is -2.53. The van der Waals surface area contributed by atoms with Crippen molar-refractivity contribution in [1.82, 2.24) is 0 Å². The summed E-state index contributed by atoms with van der Waals surface area (Å²) in [5.74, 6) is 2.86. The second-order valence-electron chi connectivity index (χ2n) is 10.9. The smallest absolute Gasteiger partial charge is 0.192 e. The van der Waals surface area contributed by atoms with Crippen LogP contribution in [0.4, 0.5) is 0 Å². The largest absolute Gasteiger partial charge is 0.413 e. The molecule has 0 spiro atoms. The number of fused-ring (bicyclic) bond motifs is 5. The lowest BCUT2D eigenvalue weighted by Gasteiger charge is -2.58. The highest BCUT2D eigenvalue weighted by atomic mass is 28.4. The summed E-state index contributed by atoms with van der Waals surface area (Å²) in [4.78, 5) is 12.0. The lowest BCUT2D eigenvalue weighted by molar-refractivity contribution is -0.117. The molecule has 2 nitrogen and oxygen atoms in total. The highest BCUT2D eigenvalue weighted by Crippen LogP contribution is 2.65. The first-order chi connectivity index (χ1) is 13.3. The molecule has 0 bridgehead atoms. The van der Waals surface area contributed by atoms with Gasteiger partial charge in [-0.2, -0.15) is 0 Å². The normalized spacial score (nSPS) is 43.2. The van der Waals surface area contributed by atoms with Crippen LogP contribution in [0.25, 0.3) is 0 Å². The molecule has 0 N–H and O–H groups in total. The van der Waals surface area contributed by atoms with Crippen LogP contribution < -0.4 is 0 Å². The molecule has 0 aromatic rings. The molecule has 6 atom stereocenters. The molecule has 4 aliphatic carbocycles. The fourth-order valence-electron chi connectivity index (χ4n) is 8.01. The highest BCUT2D eigenvalue weighted by molar-refractivity contribution is 6.73. The Hall–Kier alpha value is -0.413. The Morgan fingerprint density at radius 1 is 0.964 bits per heavy atom. The molecule has 3 saturated carbocycles. The van der Waals surface area contributed by atoms with E-state index in [0.29, 0.717) is 22.7 Å². The predicted octanol–water partition coefficient (Wildman–Crippen LogP) is 6.91. The van der Waals surface area contributed by atoms with Crippen LogP contribution in [-0.4, -0.2) is 20.2 Å². The van der Waals surface area contributed by atoms with Gasteiger partial charge in [0.1, 0.15) is 0 Å². The third-order valence-corrected chi connectivity index (χ3v) is 14.9. The minimum absolute atomic E-state index is 0.297. The van der Waals surface area contributed by atoms with Crippen molar-refractivity contribution in [2.24, 2.45) is 28.6 Å². The average Bonchev–Trinajstić information content (AvgIpc) is 3.03. The first-order valence-electron chi connectivity index (χ1n) is 12.2. The fraction of sp³-hybridized carbons (Fsp3) is 0.880. The molecule has 28 heavy (non-hydrogen) atoms. The third kappa shape index (κ3) is 3.02. The van der Waals surface area contributed by atoms with E-state index in [1.165, 1.54) is 62.2 Å². The molecule has 158 valence electrons. The molecule has 0 aromatic carbocycles. The highest BCUT2D eigenvalue weighted by Gasteiger charge is 2.60. The molecule has 4 aliphatic rings. The average molecular weight is 403 g/mol. The molecule has 0 amide bonds. The molecule has 3 heteroatoms. The van der Waals surface area contributed by atoms with Crippen LogP contribution in [0.5, 0.6) is 0 Å². The van der Waals surface area contributed by atoms with E-state index in [4.69, 9.17) is 4.43 Å². The van der Waals surface area contributed by atoms with Crippen LogP contribution in [0, 0.1) is 28.6 Å². The van der Waals surface area contributed by atoms with Gasteiger partial charge in [-0.25, -0.2) is 0 Å². The van der Waals surface area contributed by atoms with Crippen molar-refractivity contribution >= 4 is 14.1 Å². The van der Waals surface area contributed by atoms with Crippen molar-refractivity contribution in [1.29, 1.82) is 0 Å². The van der Waals surface area contributed by atoms with Gasteiger partial charge in [0, 0.05) is 6.42 Å². The van der Waals surface area contributed by atoms with Gasteiger partial charge in [-0.05, 0) is 97.7 Å². The van der Waals surface area contributed by atoms with Crippen molar-refractivity contribution < 1.29 is 9.22 Å². The van der Waals surface area contributed by atoms with Crippen molar-refractivity contribution in [2.45, 2.75) is 110 Å². The van der Waals surface area contributed by atoms with Crippen molar-refractivity contribution in [2.75, 3.05) is 0 Å². The van der Waals surface area contributed by atoms with E-state index in [2.05, 4.69) is 34.6 Å². The topological polar surface area (TPSA) is 26.3 Å². The number of ketones is 1. The number of rotatable bonds is 5. The minimum Gasteiger partial charge on any atom is -0.413 e. The molecular formula is C25H42O2Si. The molecule has 0 aromatic heterocycles. The monoisotopic (exact) mass is 402 g/mol. The molecule has 0 heterocycles. The summed E-state index contributed by atoms with van der Waals surface area (Å²) in [5, 5.41) is 0. The van der Waals surface area contributed by atoms with E-state index in [1.54, 1.807) is 0 Å². The molecular weight excluding hydrogens is 360 g/mol. The van der Waals surface area contributed by atoms with Crippen molar-refractivity contribution in [3.05, 3.63) is 11.6 Å². The summed E-state index contributed by atoms with van der Waals surface area (Å²) in [6, 6.07) is 3.80. The second-order valence-corrected chi connectivity index (χ2v) is 15.7. The molecule has 4 rings (SSSR count). The Balaban J connectivity index is 1.57. The first-order valence-corrected chi connectivity index (χ1v) is 14.8. The van der Waals surface area contributed by atoms with Gasteiger partial charge in [0.25, 0.3) is 0 Å². The number of hydrogen-bond acceptors (Lipinski definition) is 2. The third-order valence-electron chi connectivity index (χ3n) is 10.2. The second kappa shape index (κ2) is 7.37. The SMILES string of the molecule is CC[Si](CC)(CC)O[C@H]1CC[C@H]2[C@@H]3CCC4=CC(=O)CC[C@]4(C)[C@H]3CC[C@]12C. The summed E-state index contributed by atoms with van der Waals surface area (Å²) in [6.07, 6.45) is 12.2. The van der Waals surface area contributed by atoms with Crippen LogP contribution >= 0.6 is 0 Å². The van der Waals surface area contributed by atoms with Gasteiger partial charge in [0.2, 0.25) is 0 Å². The van der Waals surface area contributed by atoms with Gasteiger partial charge in [0.15, 0.2) is 14.1 Å². The Morgan fingerprint density at radius 2 is 1.68 bits per heavy atom. The summed E-state index contributed by atoms with van der Waals surface area (Å²) < 4.78 is 7.13. The van der Waals surface area contributed by atoms with E-state index < -0.39 is 8.32 Å². The molecule has 0 aliphatic heterocycles. The summed E-state index contributed by atoms with van der Waals surface area (Å²) in [6.45, 7) is 12.2. The van der Waals surface area contributed by atoms with Gasteiger partial charge < -0.3 is 4.43 Å². The Labute approximate surface area is 174 Å². The molecule has 0 radical (unpaired) electrons. The zero-order valence-corrected chi connectivity index (χ0v) is 20.0. The summed E-state index contributed by atoms with van der Waals surface area (Å²) in [5.41, 5.74) is 2.18. The Bertz CT molecular complexity index is 643. The summed E-state index contributed by atoms with van der Waals surface area (Å²) in [7, 11) is -1.55. The van der Waals surface area contributed by atoms with Gasteiger partial charge in [-0.1, -0.05) is 40.2 Å². The van der Waals surface area contributed by atoms with Crippen molar-refractivity contribution in [3.8, 4) is 0 Å². The number of hydrogen-bond donors (Lipinski definition) is 0.